The minimum Gasteiger partial charge on any atom is -0.384 e. The third kappa shape index (κ3) is 2.75. The summed E-state index contributed by atoms with van der Waals surface area (Å²) in [7, 11) is 0. The summed E-state index contributed by atoms with van der Waals surface area (Å²) in [6.45, 7) is 1.70. The Bertz CT molecular complexity index is 654. The molecule has 21 heavy (non-hydrogen) atoms. The Morgan fingerprint density at radius 3 is 2.24 bits per heavy atom. The van der Waals surface area contributed by atoms with Crippen LogP contribution in [0.1, 0.15) is 16.7 Å². The lowest BCUT2D eigenvalue weighted by Crippen LogP contribution is -2.29. The second kappa shape index (κ2) is 5.56. The van der Waals surface area contributed by atoms with Gasteiger partial charge in [0.2, 0.25) is 0 Å². The van der Waals surface area contributed by atoms with Crippen LogP contribution in [0.4, 0.5) is 10.1 Å². The first kappa shape index (κ1) is 13.6. The Hall–Kier alpha value is -2.36. The molecule has 0 bridgehead atoms. The molecule has 108 valence electrons. The predicted octanol–water partition coefficient (Wildman–Crippen LogP) is 2.71. The molecule has 1 aliphatic heterocycles. The Labute approximate surface area is 123 Å². The second-order valence-corrected chi connectivity index (χ2v) is 5.33. The van der Waals surface area contributed by atoms with Crippen molar-refractivity contribution in [1.82, 2.24) is 0 Å². The zero-order valence-corrected chi connectivity index (χ0v) is 11.8. The molecule has 0 fully saturated rings. The van der Waals surface area contributed by atoms with E-state index in [0.717, 1.165) is 31.6 Å². The van der Waals surface area contributed by atoms with Gasteiger partial charge in [0.25, 0.3) is 0 Å². The van der Waals surface area contributed by atoms with Gasteiger partial charge in [-0.1, -0.05) is 24.3 Å². The van der Waals surface area contributed by atoms with Gasteiger partial charge in [0.1, 0.15) is 11.7 Å². The summed E-state index contributed by atoms with van der Waals surface area (Å²) in [6, 6.07) is 12.9. The highest BCUT2D eigenvalue weighted by atomic mass is 19.1. The number of nitrogens with one attached hydrogen (secondary N) is 1. The minimum atomic E-state index is -0.359. The van der Waals surface area contributed by atoms with Gasteiger partial charge in [-0.3, -0.25) is 5.41 Å². The molecule has 1 heterocycles. The molecule has 1 aliphatic rings. The highest BCUT2D eigenvalue weighted by Crippen LogP contribution is 2.25. The van der Waals surface area contributed by atoms with Crippen LogP contribution >= 0.6 is 0 Å². The number of nitrogens with two attached hydrogens (primary N) is 1. The number of hydrogen-bond acceptors (Lipinski definition) is 2. The van der Waals surface area contributed by atoms with Crippen molar-refractivity contribution in [1.29, 1.82) is 5.41 Å². The van der Waals surface area contributed by atoms with Gasteiger partial charge >= 0.3 is 0 Å². The summed E-state index contributed by atoms with van der Waals surface area (Å²) in [5.74, 6) is -0.451. The van der Waals surface area contributed by atoms with Crippen molar-refractivity contribution >= 4 is 11.5 Å². The van der Waals surface area contributed by atoms with Crippen molar-refractivity contribution in [3.05, 3.63) is 65.0 Å². The number of amidine groups is 1. The van der Waals surface area contributed by atoms with Crippen molar-refractivity contribution in [3.8, 4) is 0 Å². The minimum absolute atomic E-state index is 0.0914. The van der Waals surface area contributed by atoms with Gasteiger partial charge in [0.15, 0.2) is 0 Å². The van der Waals surface area contributed by atoms with Gasteiger partial charge in [0.05, 0.1) is 0 Å². The molecule has 0 aliphatic carbocycles. The van der Waals surface area contributed by atoms with E-state index in [4.69, 9.17) is 11.1 Å². The standard InChI is InChI=1S/C17H18FN3/c18-14-5-6-16(15(11-14)17(19)20)21-9-7-12-3-1-2-4-13(12)8-10-21/h1-6,11H,7-10H2,(H3,19,20). The van der Waals surface area contributed by atoms with E-state index < -0.39 is 0 Å². The van der Waals surface area contributed by atoms with Crippen LogP contribution in [0.25, 0.3) is 0 Å². The van der Waals surface area contributed by atoms with Gasteiger partial charge in [-0.05, 0) is 42.2 Å². The van der Waals surface area contributed by atoms with Crippen LogP contribution in [0.5, 0.6) is 0 Å². The van der Waals surface area contributed by atoms with Crippen LogP contribution in [-0.4, -0.2) is 18.9 Å². The first-order valence-corrected chi connectivity index (χ1v) is 7.11. The first-order chi connectivity index (χ1) is 10.1. The maximum Gasteiger partial charge on any atom is 0.125 e. The summed E-state index contributed by atoms with van der Waals surface area (Å²) in [5, 5.41) is 7.66. The number of benzene rings is 2. The monoisotopic (exact) mass is 283 g/mol. The molecule has 0 amide bonds. The Kier molecular flexibility index (Phi) is 3.60. The van der Waals surface area contributed by atoms with E-state index >= 15 is 0 Å². The fraction of sp³-hybridized carbons (Fsp3) is 0.235. The van der Waals surface area contributed by atoms with Gasteiger partial charge in [-0.2, -0.15) is 0 Å². The number of nitrogen functional groups attached to an aromatic ring is 1. The highest BCUT2D eigenvalue weighted by molar-refractivity contribution is 6.00. The summed E-state index contributed by atoms with van der Waals surface area (Å²) in [5.41, 5.74) is 9.65. The quantitative estimate of drug-likeness (QED) is 0.657. The summed E-state index contributed by atoms with van der Waals surface area (Å²) >= 11 is 0. The third-order valence-electron chi connectivity index (χ3n) is 4.01. The fourth-order valence-corrected chi connectivity index (χ4v) is 2.91. The maximum atomic E-state index is 13.4. The number of hydrogen-bond donors (Lipinski definition) is 2. The fourth-order valence-electron chi connectivity index (χ4n) is 2.91. The number of halogens is 1. The molecule has 3 nitrogen and oxygen atoms in total. The average Bonchev–Trinajstić information content (AvgIpc) is 2.70. The normalized spacial score (nSPS) is 14.4. The largest absolute Gasteiger partial charge is 0.384 e. The van der Waals surface area contributed by atoms with E-state index in [-0.39, 0.29) is 11.7 Å². The van der Waals surface area contributed by atoms with Crippen LogP contribution in [-0.2, 0) is 12.8 Å². The molecular weight excluding hydrogens is 265 g/mol. The molecule has 0 radical (unpaired) electrons. The van der Waals surface area contributed by atoms with Crippen LogP contribution in [0.2, 0.25) is 0 Å². The van der Waals surface area contributed by atoms with Gasteiger partial charge < -0.3 is 10.6 Å². The molecule has 3 N–H and O–H groups in total. The summed E-state index contributed by atoms with van der Waals surface area (Å²) < 4.78 is 13.4. The Morgan fingerprint density at radius 2 is 1.67 bits per heavy atom. The predicted molar refractivity (Wildman–Crippen MR) is 83.5 cm³/mol. The maximum absolute atomic E-state index is 13.4. The lowest BCUT2D eigenvalue weighted by molar-refractivity contribution is 0.627. The summed E-state index contributed by atoms with van der Waals surface area (Å²) in [4.78, 5) is 2.19. The van der Waals surface area contributed by atoms with Crippen molar-refractivity contribution in [2.24, 2.45) is 5.73 Å². The molecular formula is C17H18FN3. The van der Waals surface area contributed by atoms with Crippen molar-refractivity contribution < 1.29 is 4.39 Å². The van der Waals surface area contributed by atoms with Crippen molar-refractivity contribution in [2.75, 3.05) is 18.0 Å². The van der Waals surface area contributed by atoms with Crippen molar-refractivity contribution in [3.63, 3.8) is 0 Å². The zero-order valence-electron chi connectivity index (χ0n) is 11.8. The second-order valence-electron chi connectivity index (χ2n) is 5.33. The molecule has 4 heteroatoms. The van der Waals surface area contributed by atoms with Crippen LogP contribution in [0.15, 0.2) is 42.5 Å². The topological polar surface area (TPSA) is 53.1 Å². The number of fused-ring (bicyclic) bond motifs is 1. The zero-order chi connectivity index (χ0) is 14.8. The number of nitrogens with zero attached hydrogens (tertiary/aromatic N) is 1. The lowest BCUT2D eigenvalue weighted by atomic mass is 10.0. The van der Waals surface area contributed by atoms with Gasteiger partial charge in [0, 0.05) is 24.3 Å². The average molecular weight is 283 g/mol. The van der Waals surface area contributed by atoms with Crippen LogP contribution in [0.3, 0.4) is 0 Å². The molecule has 0 saturated heterocycles. The van der Waals surface area contributed by atoms with E-state index in [9.17, 15) is 4.39 Å². The van der Waals surface area contributed by atoms with E-state index in [0.29, 0.717) is 5.56 Å². The van der Waals surface area contributed by atoms with Crippen molar-refractivity contribution in [2.45, 2.75) is 12.8 Å². The van der Waals surface area contributed by atoms with Gasteiger partial charge in [-0.15, -0.1) is 0 Å². The van der Waals surface area contributed by atoms with Gasteiger partial charge in [-0.25, -0.2) is 4.39 Å². The van der Waals surface area contributed by atoms with Crippen LogP contribution < -0.4 is 10.6 Å². The number of anilines is 1. The molecule has 2 aromatic carbocycles. The van der Waals surface area contributed by atoms with Crippen LogP contribution in [0, 0.1) is 11.2 Å². The third-order valence-corrected chi connectivity index (χ3v) is 4.01. The van der Waals surface area contributed by atoms with E-state index in [1.807, 2.05) is 0 Å². The van der Waals surface area contributed by atoms with E-state index in [1.54, 1.807) is 6.07 Å². The molecule has 2 aromatic rings. The molecule has 0 saturated carbocycles. The SMILES string of the molecule is N=C(N)c1cc(F)ccc1N1CCc2ccccc2CC1. The summed E-state index contributed by atoms with van der Waals surface area (Å²) in [6.07, 6.45) is 1.90. The highest BCUT2D eigenvalue weighted by Gasteiger charge is 2.17. The van der Waals surface area contributed by atoms with E-state index in [2.05, 4.69) is 29.2 Å². The molecule has 0 spiro atoms. The number of rotatable bonds is 2. The smallest absolute Gasteiger partial charge is 0.125 e. The molecule has 0 aromatic heterocycles. The first-order valence-electron chi connectivity index (χ1n) is 7.11. The lowest BCUT2D eigenvalue weighted by Gasteiger charge is -2.25. The Balaban J connectivity index is 1.91. The molecule has 0 unspecified atom stereocenters. The molecule has 3 rings (SSSR count). The molecule has 0 atom stereocenters. The van der Waals surface area contributed by atoms with E-state index in [1.165, 1.54) is 23.3 Å². The Morgan fingerprint density at radius 1 is 1.05 bits per heavy atom.